The third kappa shape index (κ3) is 9.59. The molecule has 0 aliphatic carbocycles. The molecule has 0 aliphatic heterocycles. The Morgan fingerprint density at radius 3 is 2.48 bits per heavy atom. The van der Waals surface area contributed by atoms with Crippen molar-refractivity contribution in [2.75, 3.05) is 32.7 Å². The first-order valence-corrected chi connectivity index (χ1v) is 10.5. The van der Waals surface area contributed by atoms with Gasteiger partial charge in [-0.2, -0.15) is 0 Å². The van der Waals surface area contributed by atoms with Crippen LogP contribution in [0.25, 0.3) is 0 Å². The van der Waals surface area contributed by atoms with Gasteiger partial charge in [0.05, 0.1) is 18.9 Å². The van der Waals surface area contributed by atoms with Gasteiger partial charge in [-0.05, 0) is 36.5 Å². The number of methoxy groups -OCH3 is 1. The zero-order valence-electron chi connectivity index (χ0n) is 16.8. The molecular weight excluding hydrogens is 484 g/mol. The Hall–Kier alpha value is -1.10. The lowest BCUT2D eigenvalue weighted by atomic mass is 9.90. The number of rotatable bonds is 8. The number of guanidine groups is 1. The molecule has 1 atom stereocenters. The van der Waals surface area contributed by atoms with Crippen molar-refractivity contribution in [3.05, 3.63) is 29.6 Å². The van der Waals surface area contributed by atoms with Gasteiger partial charge in [-0.25, -0.2) is 12.8 Å². The number of benzene rings is 1. The van der Waals surface area contributed by atoms with Crippen molar-refractivity contribution in [2.45, 2.75) is 33.2 Å². The summed E-state index contributed by atoms with van der Waals surface area (Å²) < 4.78 is 41.5. The zero-order chi connectivity index (χ0) is 20.0. The lowest BCUT2D eigenvalue weighted by Crippen LogP contribution is -2.43. The first kappa shape index (κ1) is 25.9. The van der Waals surface area contributed by atoms with Crippen LogP contribution in [-0.2, 0) is 9.84 Å². The van der Waals surface area contributed by atoms with Crippen LogP contribution in [-0.4, -0.2) is 47.1 Å². The Morgan fingerprint density at radius 1 is 1.37 bits per heavy atom. The summed E-state index contributed by atoms with van der Waals surface area (Å²) in [7, 11) is 0.0948. The van der Waals surface area contributed by atoms with Crippen LogP contribution in [0.2, 0.25) is 0 Å². The van der Waals surface area contributed by atoms with Gasteiger partial charge in [-0.3, -0.25) is 4.99 Å². The van der Waals surface area contributed by atoms with Gasteiger partial charge >= 0.3 is 0 Å². The number of hydrogen-bond acceptors (Lipinski definition) is 4. The van der Waals surface area contributed by atoms with Gasteiger partial charge in [0, 0.05) is 19.8 Å². The Morgan fingerprint density at radius 2 is 2.00 bits per heavy atom. The number of sulfone groups is 1. The summed E-state index contributed by atoms with van der Waals surface area (Å²) >= 11 is 0. The van der Waals surface area contributed by atoms with Crippen LogP contribution in [0.5, 0.6) is 5.75 Å². The molecule has 1 aromatic carbocycles. The normalized spacial score (nSPS) is 13.5. The van der Waals surface area contributed by atoms with Gasteiger partial charge in [0.15, 0.2) is 17.5 Å². The summed E-state index contributed by atoms with van der Waals surface area (Å²) in [5.41, 5.74) is 0.554. The molecule has 0 bridgehead atoms. The Labute approximate surface area is 179 Å². The van der Waals surface area contributed by atoms with Crippen LogP contribution in [0.3, 0.4) is 0 Å². The molecule has 0 aromatic heterocycles. The summed E-state index contributed by atoms with van der Waals surface area (Å²) in [5.74, 6) is 0.510. The van der Waals surface area contributed by atoms with Crippen molar-refractivity contribution < 1.29 is 17.5 Å². The quantitative estimate of drug-likeness (QED) is 0.316. The lowest BCUT2D eigenvalue weighted by Gasteiger charge is -2.27. The number of aliphatic imine (C=N–C) groups is 1. The largest absolute Gasteiger partial charge is 0.494 e. The van der Waals surface area contributed by atoms with Crippen molar-refractivity contribution in [1.82, 2.24) is 10.6 Å². The summed E-state index contributed by atoms with van der Waals surface area (Å²) in [6.45, 7) is 6.47. The van der Waals surface area contributed by atoms with Gasteiger partial charge < -0.3 is 15.4 Å². The lowest BCUT2D eigenvalue weighted by molar-refractivity contribution is 0.348. The third-order valence-electron chi connectivity index (χ3n) is 4.14. The van der Waals surface area contributed by atoms with Gasteiger partial charge in [0.2, 0.25) is 0 Å². The Bertz CT molecular complexity index is 739. The van der Waals surface area contributed by atoms with Gasteiger partial charge in [-0.15, -0.1) is 24.0 Å². The van der Waals surface area contributed by atoms with Crippen molar-refractivity contribution in [1.29, 1.82) is 0 Å². The molecule has 1 aromatic rings. The molecule has 0 heterocycles. The first-order chi connectivity index (χ1) is 12.0. The average Bonchev–Trinajstić information content (AvgIpc) is 2.56. The second kappa shape index (κ2) is 11.0. The fraction of sp³-hybridized carbons (Fsp3) is 0.611. The molecule has 0 aliphatic rings. The number of nitrogens with zero attached hydrogens (tertiary/aromatic N) is 1. The summed E-state index contributed by atoms with van der Waals surface area (Å²) in [5, 5.41) is 6.42. The third-order valence-corrected chi connectivity index (χ3v) is 5.08. The zero-order valence-corrected chi connectivity index (χ0v) is 19.9. The van der Waals surface area contributed by atoms with E-state index < -0.39 is 15.7 Å². The van der Waals surface area contributed by atoms with Crippen LogP contribution in [0.4, 0.5) is 4.39 Å². The van der Waals surface area contributed by atoms with Crippen molar-refractivity contribution in [3.63, 3.8) is 0 Å². The molecule has 1 unspecified atom stereocenters. The maximum Gasteiger partial charge on any atom is 0.191 e. The molecule has 27 heavy (non-hydrogen) atoms. The molecule has 156 valence electrons. The Kier molecular flexibility index (Phi) is 10.6. The van der Waals surface area contributed by atoms with Gasteiger partial charge in [-0.1, -0.05) is 19.9 Å². The average molecular weight is 515 g/mol. The van der Waals surface area contributed by atoms with E-state index in [2.05, 4.69) is 15.6 Å². The molecule has 0 radical (unpaired) electrons. The number of halogens is 2. The second-order valence-corrected chi connectivity index (χ2v) is 9.49. The van der Waals surface area contributed by atoms with E-state index in [4.69, 9.17) is 4.74 Å². The highest BCUT2D eigenvalue weighted by Crippen LogP contribution is 2.22. The van der Waals surface area contributed by atoms with Crippen molar-refractivity contribution >= 4 is 39.8 Å². The van der Waals surface area contributed by atoms with Crippen molar-refractivity contribution in [3.8, 4) is 5.75 Å². The van der Waals surface area contributed by atoms with E-state index in [1.165, 1.54) is 19.4 Å². The van der Waals surface area contributed by atoms with Crippen LogP contribution in [0, 0.1) is 11.2 Å². The molecule has 9 heteroatoms. The summed E-state index contributed by atoms with van der Waals surface area (Å²) in [6, 6.07) is 4.65. The number of ether oxygens (including phenoxy) is 1. The van der Waals surface area contributed by atoms with Gasteiger partial charge in [0.25, 0.3) is 0 Å². The predicted molar refractivity (Wildman–Crippen MR) is 119 cm³/mol. The molecule has 0 spiro atoms. The van der Waals surface area contributed by atoms with Crippen LogP contribution >= 0.6 is 24.0 Å². The molecule has 6 nitrogen and oxygen atoms in total. The number of hydrogen-bond donors (Lipinski definition) is 2. The van der Waals surface area contributed by atoms with E-state index in [0.717, 1.165) is 5.56 Å². The molecule has 2 N–H and O–H groups in total. The van der Waals surface area contributed by atoms with E-state index in [9.17, 15) is 12.8 Å². The minimum atomic E-state index is -2.99. The molecule has 1 rings (SSSR count). The fourth-order valence-corrected chi connectivity index (χ4v) is 3.23. The van der Waals surface area contributed by atoms with Crippen LogP contribution in [0.15, 0.2) is 23.2 Å². The highest BCUT2D eigenvalue weighted by molar-refractivity contribution is 14.0. The van der Waals surface area contributed by atoms with E-state index in [1.54, 1.807) is 19.2 Å². The maximum atomic E-state index is 13.9. The van der Waals surface area contributed by atoms with E-state index >= 15 is 0 Å². The monoisotopic (exact) mass is 515 g/mol. The highest BCUT2D eigenvalue weighted by atomic mass is 127. The van der Waals surface area contributed by atoms with E-state index in [-0.39, 0.29) is 46.9 Å². The molecule has 0 fully saturated rings. The van der Waals surface area contributed by atoms with Crippen LogP contribution in [0.1, 0.15) is 38.8 Å². The topological polar surface area (TPSA) is 79.8 Å². The summed E-state index contributed by atoms with van der Waals surface area (Å²) in [6.07, 6.45) is 1.79. The SMILES string of the molecule is CN=C(NCC(C)(C)CCS(C)(=O)=O)NC(C)c1ccc(OC)c(F)c1.I. The Balaban J connectivity index is 0.00000676. The smallest absolute Gasteiger partial charge is 0.191 e. The van der Waals surface area contributed by atoms with E-state index in [0.29, 0.717) is 18.9 Å². The molecule has 0 saturated heterocycles. The first-order valence-electron chi connectivity index (χ1n) is 8.46. The fourth-order valence-electron chi connectivity index (χ4n) is 2.31. The number of nitrogens with one attached hydrogen (secondary N) is 2. The van der Waals surface area contributed by atoms with Gasteiger partial charge in [0.1, 0.15) is 9.84 Å². The maximum absolute atomic E-state index is 13.9. The molecular formula is C18H31FIN3O3S. The highest BCUT2D eigenvalue weighted by Gasteiger charge is 2.21. The van der Waals surface area contributed by atoms with Crippen LogP contribution < -0.4 is 15.4 Å². The predicted octanol–water partition coefficient (Wildman–Crippen LogP) is 3.14. The van der Waals surface area contributed by atoms with E-state index in [1.807, 2.05) is 20.8 Å². The summed E-state index contributed by atoms with van der Waals surface area (Å²) in [4.78, 5) is 4.18. The van der Waals surface area contributed by atoms with Crippen molar-refractivity contribution in [2.24, 2.45) is 10.4 Å². The minimum absolute atomic E-state index is 0. The molecule has 0 amide bonds. The standard InChI is InChI=1S/C18H30FN3O3S.HI/c1-13(14-7-8-16(25-5)15(19)11-14)22-17(20-4)21-12-18(2,3)9-10-26(6,23)24;/h7-8,11,13H,9-10,12H2,1-6H3,(H2,20,21,22);1H. The molecule has 0 saturated carbocycles. The second-order valence-electron chi connectivity index (χ2n) is 7.23. The minimum Gasteiger partial charge on any atom is -0.494 e.